The summed E-state index contributed by atoms with van der Waals surface area (Å²) < 4.78 is 60.6. The summed E-state index contributed by atoms with van der Waals surface area (Å²) in [4.78, 5) is 41.0. The molecule has 3 amide bonds. The predicted octanol–water partition coefficient (Wildman–Crippen LogP) is 3.09. The monoisotopic (exact) mass is 669 g/mol. The third kappa shape index (κ3) is 8.58. The van der Waals surface area contributed by atoms with Crippen molar-refractivity contribution >= 4 is 37.4 Å². The highest BCUT2D eigenvalue weighted by Crippen LogP contribution is 2.40. The third-order valence-electron chi connectivity index (χ3n) is 8.35. The van der Waals surface area contributed by atoms with Crippen LogP contribution in [-0.4, -0.2) is 82.4 Å². The van der Waals surface area contributed by atoms with Gasteiger partial charge in [-0.3, -0.25) is 14.4 Å². The molecule has 13 heteroatoms. The average molecular weight is 670 g/mol. The molecule has 1 heterocycles. The van der Waals surface area contributed by atoms with Gasteiger partial charge in [0.25, 0.3) is 5.91 Å². The van der Waals surface area contributed by atoms with Gasteiger partial charge < -0.3 is 15.5 Å². The zero-order valence-corrected chi connectivity index (χ0v) is 26.9. The van der Waals surface area contributed by atoms with Crippen LogP contribution in [0.2, 0.25) is 0 Å². The Morgan fingerprint density at radius 1 is 0.913 bits per heavy atom. The lowest BCUT2D eigenvalue weighted by Crippen LogP contribution is -2.52. The molecule has 3 aromatic rings. The zero-order chi connectivity index (χ0) is 33.1. The lowest BCUT2D eigenvalue weighted by molar-refractivity contribution is -0.133. The molecule has 0 unspecified atom stereocenters. The Kier molecular flexibility index (Phi) is 9.92. The van der Waals surface area contributed by atoms with E-state index in [1.54, 1.807) is 48.5 Å². The third-order valence-corrected chi connectivity index (χ3v) is 11.1. The van der Waals surface area contributed by atoms with Crippen molar-refractivity contribution in [2.24, 2.45) is 0 Å². The van der Waals surface area contributed by atoms with Crippen molar-refractivity contribution in [1.82, 2.24) is 15.5 Å². The van der Waals surface area contributed by atoms with E-state index in [-0.39, 0.29) is 66.0 Å². The van der Waals surface area contributed by atoms with Gasteiger partial charge >= 0.3 is 0 Å². The van der Waals surface area contributed by atoms with E-state index in [0.29, 0.717) is 12.0 Å². The highest BCUT2D eigenvalue weighted by atomic mass is 32.2. The van der Waals surface area contributed by atoms with Crippen LogP contribution in [0, 0.1) is 5.82 Å². The van der Waals surface area contributed by atoms with Crippen molar-refractivity contribution in [1.29, 1.82) is 0 Å². The van der Waals surface area contributed by atoms with Crippen molar-refractivity contribution in [2.45, 2.75) is 48.6 Å². The molecule has 1 saturated heterocycles. The summed E-state index contributed by atoms with van der Waals surface area (Å²) in [5, 5.41) is 5.76. The molecule has 1 aliphatic heterocycles. The summed E-state index contributed by atoms with van der Waals surface area (Å²) in [6, 6.07) is 18.3. The van der Waals surface area contributed by atoms with Gasteiger partial charge in [0.1, 0.15) is 11.9 Å². The molecule has 244 valence electrons. The number of nitrogens with zero attached hydrogens (tertiary/aromatic N) is 1. The van der Waals surface area contributed by atoms with Crippen LogP contribution < -0.4 is 10.6 Å². The first-order chi connectivity index (χ1) is 21.8. The average Bonchev–Trinajstić information content (AvgIpc) is 3.79. The predicted molar refractivity (Wildman–Crippen MR) is 171 cm³/mol. The van der Waals surface area contributed by atoms with Crippen molar-refractivity contribution in [3.05, 3.63) is 89.7 Å². The van der Waals surface area contributed by atoms with Gasteiger partial charge in [0, 0.05) is 43.3 Å². The molecular formula is C33H36FN3O7S2. The fourth-order valence-corrected chi connectivity index (χ4v) is 7.37. The zero-order valence-electron chi connectivity index (χ0n) is 25.3. The van der Waals surface area contributed by atoms with Gasteiger partial charge in [-0.2, -0.15) is 0 Å². The number of amides is 3. The van der Waals surface area contributed by atoms with E-state index >= 15 is 0 Å². The molecule has 10 nitrogen and oxygen atoms in total. The van der Waals surface area contributed by atoms with Gasteiger partial charge in [-0.15, -0.1) is 0 Å². The van der Waals surface area contributed by atoms with Crippen molar-refractivity contribution < 1.29 is 35.6 Å². The van der Waals surface area contributed by atoms with E-state index in [0.717, 1.165) is 29.4 Å². The van der Waals surface area contributed by atoms with Gasteiger partial charge in [0.15, 0.2) is 19.7 Å². The number of rotatable bonds is 11. The minimum atomic E-state index is -3.33. The molecule has 3 atom stereocenters. The molecule has 2 fully saturated rings. The minimum absolute atomic E-state index is 0.0350. The van der Waals surface area contributed by atoms with E-state index in [1.165, 1.54) is 29.2 Å². The highest BCUT2D eigenvalue weighted by Gasteiger charge is 2.39. The van der Waals surface area contributed by atoms with E-state index in [4.69, 9.17) is 0 Å². The van der Waals surface area contributed by atoms with Crippen molar-refractivity contribution in [2.75, 3.05) is 30.9 Å². The van der Waals surface area contributed by atoms with Crippen LogP contribution >= 0.6 is 0 Å². The molecule has 0 bridgehead atoms. The van der Waals surface area contributed by atoms with Crippen LogP contribution in [0.15, 0.2) is 77.7 Å². The first-order valence-electron chi connectivity index (χ1n) is 15.0. The first kappa shape index (κ1) is 33.3. The number of hydrogen-bond donors (Lipinski definition) is 2. The Balaban J connectivity index is 1.20. The second kappa shape index (κ2) is 13.7. The smallest absolute Gasteiger partial charge is 0.251 e. The molecule has 1 aliphatic carbocycles. The molecule has 5 rings (SSSR count). The summed E-state index contributed by atoms with van der Waals surface area (Å²) in [6.07, 6.45) is 2.52. The Bertz CT molecular complexity index is 1800. The molecular weight excluding hydrogens is 634 g/mol. The maximum Gasteiger partial charge on any atom is 0.251 e. The molecule has 0 aromatic heterocycles. The topological polar surface area (TPSA) is 147 Å². The maximum absolute atomic E-state index is 13.4. The minimum Gasteiger partial charge on any atom is -0.353 e. The van der Waals surface area contributed by atoms with Gasteiger partial charge in [0.2, 0.25) is 11.8 Å². The molecule has 0 radical (unpaired) electrons. The van der Waals surface area contributed by atoms with E-state index in [9.17, 15) is 35.6 Å². The van der Waals surface area contributed by atoms with Crippen LogP contribution in [0.25, 0.3) is 11.1 Å². The Hall–Kier alpha value is -4.10. The second-order valence-electron chi connectivity index (χ2n) is 11.8. The molecule has 1 saturated carbocycles. The summed E-state index contributed by atoms with van der Waals surface area (Å²) in [7, 11) is -6.55. The van der Waals surface area contributed by atoms with Crippen molar-refractivity contribution in [3.63, 3.8) is 0 Å². The van der Waals surface area contributed by atoms with E-state index in [1.807, 2.05) is 0 Å². The molecule has 3 aromatic carbocycles. The van der Waals surface area contributed by atoms with Gasteiger partial charge in [-0.25, -0.2) is 21.2 Å². The standard InChI is InChI=1S/C33H36FN3O7S2/c1-45(41,42)27-15-11-23(12-16-27)22-5-7-25(8-6-22)32(39)36-29(33(40)37-17-19-46(43,44)20-18-37)3-2-4-31(38)35-30-21-28(30)24-9-13-26(34)14-10-24/h5-16,28-30H,2-4,17-21H2,1H3,(H,35,38)(H,36,39)/t28-,29-,30+/m0/s1. The van der Waals surface area contributed by atoms with Crippen LogP contribution in [0.1, 0.15) is 47.5 Å². The lowest BCUT2D eigenvalue weighted by Gasteiger charge is -2.30. The van der Waals surface area contributed by atoms with Crippen LogP contribution in [0.4, 0.5) is 4.39 Å². The largest absolute Gasteiger partial charge is 0.353 e. The van der Waals surface area contributed by atoms with Crippen molar-refractivity contribution in [3.8, 4) is 11.1 Å². The van der Waals surface area contributed by atoms with Crippen LogP contribution in [0.3, 0.4) is 0 Å². The number of carbonyl (C=O) groups excluding carboxylic acids is 3. The fourth-order valence-electron chi connectivity index (χ4n) is 5.54. The molecule has 2 aliphatic rings. The summed E-state index contributed by atoms with van der Waals surface area (Å²) in [6.45, 7) is 0.0700. The number of nitrogens with one attached hydrogen (secondary N) is 2. The van der Waals surface area contributed by atoms with Gasteiger partial charge in [-0.05, 0) is 72.4 Å². The lowest BCUT2D eigenvalue weighted by atomic mass is 10.0. The Morgan fingerprint density at radius 2 is 1.50 bits per heavy atom. The van der Waals surface area contributed by atoms with Crippen LogP contribution in [-0.2, 0) is 29.3 Å². The normalized spacial score (nSPS) is 19.6. The Morgan fingerprint density at radius 3 is 2.09 bits per heavy atom. The fraction of sp³-hybridized carbons (Fsp3) is 0.364. The highest BCUT2D eigenvalue weighted by molar-refractivity contribution is 7.91. The summed E-state index contributed by atoms with van der Waals surface area (Å²) >= 11 is 0. The van der Waals surface area contributed by atoms with E-state index in [2.05, 4.69) is 10.6 Å². The molecule has 46 heavy (non-hydrogen) atoms. The quantitative estimate of drug-likeness (QED) is 0.319. The molecule has 0 spiro atoms. The first-order valence-corrected chi connectivity index (χ1v) is 18.8. The van der Waals surface area contributed by atoms with Gasteiger partial charge in [-0.1, -0.05) is 36.4 Å². The van der Waals surface area contributed by atoms with Gasteiger partial charge in [0.05, 0.1) is 16.4 Å². The van der Waals surface area contributed by atoms with E-state index < -0.39 is 37.5 Å². The number of benzene rings is 3. The number of halogens is 1. The SMILES string of the molecule is CS(=O)(=O)c1ccc(-c2ccc(C(=O)N[C@@H](CCCC(=O)N[C@@H]3C[C@H]3c3ccc(F)cc3)C(=O)N3CCS(=O)(=O)CC3)cc2)cc1. The number of sulfone groups is 2. The number of hydrogen-bond acceptors (Lipinski definition) is 7. The van der Waals surface area contributed by atoms with Crippen LogP contribution in [0.5, 0.6) is 0 Å². The number of carbonyl (C=O) groups is 3. The maximum atomic E-state index is 13.4. The summed E-state index contributed by atoms with van der Waals surface area (Å²) in [5.74, 6) is -1.56. The summed E-state index contributed by atoms with van der Waals surface area (Å²) in [5.41, 5.74) is 2.79. The second-order valence-corrected chi connectivity index (χ2v) is 16.2. The Labute approximate surface area is 268 Å². The molecule has 2 N–H and O–H groups in total.